The lowest BCUT2D eigenvalue weighted by molar-refractivity contribution is 0.177. The number of aliphatic hydroxyl groups excluding tert-OH is 1. The zero-order valence-corrected chi connectivity index (χ0v) is 9.60. The van der Waals surface area contributed by atoms with Gasteiger partial charge in [0.05, 0.1) is 12.3 Å². The van der Waals surface area contributed by atoms with Crippen molar-refractivity contribution < 1.29 is 9.50 Å². The molecule has 1 atom stereocenters. The molecule has 2 rings (SSSR count). The summed E-state index contributed by atoms with van der Waals surface area (Å²) in [4.78, 5) is 3.73. The van der Waals surface area contributed by atoms with E-state index in [-0.39, 0.29) is 0 Å². The van der Waals surface area contributed by atoms with Crippen molar-refractivity contribution in [2.45, 2.75) is 19.4 Å². The highest BCUT2D eigenvalue weighted by Gasteiger charge is 2.09. The molecule has 17 heavy (non-hydrogen) atoms. The fourth-order valence-electron chi connectivity index (χ4n) is 1.68. The minimum atomic E-state index is -0.721. The molecular formula is C14H14FNO. The van der Waals surface area contributed by atoms with E-state index >= 15 is 0 Å². The number of aryl methyl sites for hydroxylation is 1. The zero-order chi connectivity index (χ0) is 12.3. The van der Waals surface area contributed by atoms with Gasteiger partial charge in [-0.15, -0.1) is 0 Å². The third-order valence-electron chi connectivity index (χ3n) is 2.66. The van der Waals surface area contributed by atoms with Crippen molar-refractivity contribution in [2.75, 3.05) is 0 Å². The molecule has 2 nitrogen and oxygen atoms in total. The molecule has 0 aliphatic carbocycles. The molecule has 0 aliphatic heterocycles. The zero-order valence-electron chi connectivity index (χ0n) is 9.60. The summed E-state index contributed by atoms with van der Waals surface area (Å²) in [7, 11) is 0. The first-order chi connectivity index (χ1) is 8.15. The van der Waals surface area contributed by atoms with Crippen LogP contribution in [0.1, 0.15) is 22.8 Å². The second-order valence-electron chi connectivity index (χ2n) is 4.14. The number of halogens is 1. The van der Waals surface area contributed by atoms with Crippen LogP contribution >= 0.6 is 0 Å². The SMILES string of the molecule is Cc1ccc(CC(O)c2cncc(F)c2)cc1. The van der Waals surface area contributed by atoms with Crippen molar-refractivity contribution in [3.63, 3.8) is 0 Å². The van der Waals surface area contributed by atoms with E-state index in [4.69, 9.17) is 0 Å². The van der Waals surface area contributed by atoms with Crippen LogP contribution in [0.15, 0.2) is 42.7 Å². The molecule has 88 valence electrons. The van der Waals surface area contributed by atoms with Crippen LogP contribution in [0.4, 0.5) is 4.39 Å². The number of benzene rings is 1. The van der Waals surface area contributed by atoms with E-state index in [2.05, 4.69) is 4.98 Å². The van der Waals surface area contributed by atoms with Gasteiger partial charge in [-0.3, -0.25) is 4.98 Å². The molecule has 0 saturated carbocycles. The van der Waals surface area contributed by atoms with Crippen molar-refractivity contribution in [1.82, 2.24) is 4.98 Å². The van der Waals surface area contributed by atoms with Gasteiger partial charge < -0.3 is 5.11 Å². The van der Waals surface area contributed by atoms with Crippen LogP contribution < -0.4 is 0 Å². The number of hydrogen-bond donors (Lipinski definition) is 1. The van der Waals surface area contributed by atoms with Crippen molar-refractivity contribution in [3.05, 3.63) is 65.2 Å². The average Bonchev–Trinajstić information content (AvgIpc) is 2.32. The maximum absolute atomic E-state index is 12.9. The predicted octanol–water partition coefficient (Wildman–Crippen LogP) is 2.81. The lowest BCUT2D eigenvalue weighted by Gasteiger charge is -2.10. The highest BCUT2D eigenvalue weighted by Crippen LogP contribution is 2.18. The standard InChI is InChI=1S/C14H14FNO/c1-10-2-4-11(5-3-10)6-14(17)12-7-13(15)9-16-8-12/h2-5,7-9,14,17H,6H2,1H3. The van der Waals surface area contributed by atoms with Crippen molar-refractivity contribution >= 4 is 0 Å². The van der Waals surface area contributed by atoms with E-state index in [0.29, 0.717) is 12.0 Å². The third kappa shape index (κ3) is 3.11. The Morgan fingerprint density at radius 3 is 2.59 bits per heavy atom. The van der Waals surface area contributed by atoms with Gasteiger partial charge in [0.2, 0.25) is 0 Å². The fraction of sp³-hybridized carbons (Fsp3) is 0.214. The number of nitrogens with zero attached hydrogens (tertiary/aromatic N) is 1. The number of rotatable bonds is 3. The Morgan fingerprint density at radius 1 is 1.24 bits per heavy atom. The molecule has 0 radical (unpaired) electrons. The maximum atomic E-state index is 12.9. The normalized spacial score (nSPS) is 12.4. The minimum absolute atomic E-state index is 0.426. The van der Waals surface area contributed by atoms with Crippen LogP contribution in [0.3, 0.4) is 0 Å². The topological polar surface area (TPSA) is 33.1 Å². The lowest BCUT2D eigenvalue weighted by Crippen LogP contribution is -2.02. The molecular weight excluding hydrogens is 217 g/mol. The summed E-state index contributed by atoms with van der Waals surface area (Å²) in [6.07, 6.45) is 2.36. The van der Waals surface area contributed by atoms with Crippen LogP contribution in [0.5, 0.6) is 0 Å². The Morgan fingerprint density at radius 2 is 1.94 bits per heavy atom. The number of aromatic nitrogens is 1. The van der Waals surface area contributed by atoms with Crippen molar-refractivity contribution in [1.29, 1.82) is 0 Å². The highest BCUT2D eigenvalue weighted by molar-refractivity contribution is 5.24. The van der Waals surface area contributed by atoms with Gasteiger partial charge in [0.15, 0.2) is 0 Å². The Kier molecular flexibility index (Phi) is 3.49. The van der Waals surface area contributed by atoms with Crippen LogP contribution in [-0.2, 0) is 6.42 Å². The summed E-state index contributed by atoms with van der Waals surface area (Å²) in [5, 5.41) is 9.96. The summed E-state index contributed by atoms with van der Waals surface area (Å²) >= 11 is 0. The fourth-order valence-corrected chi connectivity index (χ4v) is 1.68. The van der Waals surface area contributed by atoms with Crippen LogP contribution in [-0.4, -0.2) is 10.1 Å². The first-order valence-electron chi connectivity index (χ1n) is 5.49. The molecule has 1 aromatic carbocycles. The summed E-state index contributed by atoms with van der Waals surface area (Å²) in [6.45, 7) is 2.01. The van der Waals surface area contributed by atoms with Gasteiger partial charge in [0, 0.05) is 18.2 Å². The second-order valence-corrected chi connectivity index (χ2v) is 4.14. The van der Waals surface area contributed by atoms with Crippen molar-refractivity contribution in [2.24, 2.45) is 0 Å². The van der Waals surface area contributed by atoms with Crippen LogP contribution in [0.25, 0.3) is 0 Å². The molecule has 0 amide bonds. The second kappa shape index (κ2) is 5.06. The van der Waals surface area contributed by atoms with E-state index in [9.17, 15) is 9.50 Å². The molecule has 1 N–H and O–H groups in total. The predicted molar refractivity (Wildman–Crippen MR) is 64.0 cm³/mol. The number of pyridine rings is 1. The largest absolute Gasteiger partial charge is 0.388 e. The molecule has 1 unspecified atom stereocenters. The summed E-state index contributed by atoms with van der Waals surface area (Å²) in [5.41, 5.74) is 2.70. The van der Waals surface area contributed by atoms with E-state index in [1.807, 2.05) is 31.2 Å². The van der Waals surface area contributed by atoms with Gasteiger partial charge in [0.25, 0.3) is 0 Å². The van der Waals surface area contributed by atoms with Crippen LogP contribution in [0, 0.1) is 12.7 Å². The Hall–Kier alpha value is -1.74. The summed E-state index contributed by atoms with van der Waals surface area (Å²) in [5.74, 6) is -0.426. The van der Waals surface area contributed by atoms with Gasteiger partial charge >= 0.3 is 0 Å². The van der Waals surface area contributed by atoms with Gasteiger partial charge in [-0.1, -0.05) is 29.8 Å². The molecule has 0 aliphatic rings. The Labute approximate surface area is 99.8 Å². The summed E-state index contributed by atoms with van der Waals surface area (Å²) < 4.78 is 12.9. The number of hydrogen-bond acceptors (Lipinski definition) is 2. The first kappa shape index (κ1) is 11.7. The average molecular weight is 231 g/mol. The maximum Gasteiger partial charge on any atom is 0.141 e. The Balaban J connectivity index is 2.11. The van der Waals surface area contributed by atoms with E-state index in [0.717, 1.165) is 11.8 Å². The molecule has 0 fully saturated rings. The van der Waals surface area contributed by atoms with E-state index in [1.165, 1.54) is 17.8 Å². The smallest absolute Gasteiger partial charge is 0.141 e. The third-order valence-corrected chi connectivity index (χ3v) is 2.66. The summed E-state index contributed by atoms with van der Waals surface area (Å²) in [6, 6.07) is 9.22. The molecule has 2 aromatic rings. The molecule has 1 aromatic heterocycles. The quantitative estimate of drug-likeness (QED) is 0.881. The van der Waals surface area contributed by atoms with Gasteiger partial charge in [-0.25, -0.2) is 4.39 Å². The van der Waals surface area contributed by atoms with E-state index < -0.39 is 11.9 Å². The Bertz CT molecular complexity index is 496. The van der Waals surface area contributed by atoms with Crippen LogP contribution in [0.2, 0.25) is 0 Å². The van der Waals surface area contributed by atoms with Crippen molar-refractivity contribution in [3.8, 4) is 0 Å². The molecule has 0 bridgehead atoms. The van der Waals surface area contributed by atoms with Gasteiger partial charge in [0.1, 0.15) is 5.82 Å². The van der Waals surface area contributed by atoms with Gasteiger partial charge in [-0.05, 0) is 18.6 Å². The monoisotopic (exact) mass is 231 g/mol. The molecule has 1 heterocycles. The molecule has 0 spiro atoms. The first-order valence-corrected chi connectivity index (χ1v) is 5.49. The molecule has 3 heteroatoms. The number of aliphatic hydroxyl groups is 1. The molecule has 0 saturated heterocycles. The van der Waals surface area contributed by atoms with E-state index in [1.54, 1.807) is 0 Å². The van der Waals surface area contributed by atoms with Gasteiger partial charge in [-0.2, -0.15) is 0 Å². The highest BCUT2D eigenvalue weighted by atomic mass is 19.1. The minimum Gasteiger partial charge on any atom is -0.388 e. The lowest BCUT2D eigenvalue weighted by atomic mass is 10.0.